The zero-order valence-electron chi connectivity index (χ0n) is 48.1. The third kappa shape index (κ3) is 14.0. The van der Waals surface area contributed by atoms with E-state index in [1.807, 2.05) is 24.3 Å². The number of anilines is 2. The van der Waals surface area contributed by atoms with E-state index < -0.39 is 55.6 Å². The number of nitrogens with one attached hydrogen (secondary N) is 2. The van der Waals surface area contributed by atoms with Crippen LogP contribution in [-0.2, 0) is 43.7 Å². The molecule has 8 atom stereocenters. The number of fused-ring (bicyclic) bond motifs is 6. The molecule has 4 aliphatic carbocycles. The molecule has 2 saturated carbocycles. The summed E-state index contributed by atoms with van der Waals surface area (Å²) in [5.41, 5.74) is 6.65. The second-order valence-electron chi connectivity index (χ2n) is 24.1. The number of allylic oxidation sites excluding steroid dienone is 4. The Morgan fingerprint density at radius 3 is 1.36 bits per heavy atom. The summed E-state index contributed by atoms with van der Waals surface area (Å²) in [6.07, 6.45) is 20.9. The van der Waals surface area contributed by atoms with Crippen LogP contribution in [-0.4, -0.2) is 102 Å². The summed E-state index contributed by atoms with van der Waals surface area (Å²) in [5.74, 6) is 2.06. The third-order valence-electron chi connectivity index (χ3n) is 18.7. The highest BCUT2D eigenvalue weighted by atomic mass is 35.5. The fraction of sp³-hybridized carbons (Fsp3) is 0.485. The van der Waals surface area contributed by atoms with Gasteiger partial charge in [-0.05, 0) is 209 Å². The van der Waals surface area contributed by atoms with E-state index in [0.717, 1.165) is 112 Å². The second kappa shape index (κ2) is 27.4. The monoisotopic (exact) mass is 1220 g/mol. The van der Waals surface area contributed by atoms with Gasteiger partial charge in [-0.3, -0.25) is 9.59 Å². The maximum Gasteiger partial charge on any atom is 0.264 e. The summed E-state index contributed by atoms with van der Waals surface area (Å²) in [6, 6.07) is 22.6. The number of nitrogens with zero attached hydrogens (tertiary/aromatic N) is 2. The molecule has 0 saturated heterocycles. The van der Waals surface area contributed by atoms with E-state index in [0.29, 0.717) is 61.2 Å². The van der Waals surface area contributed by atoms with E-state index in [1.165, 1.54) is 35.1 Å². The summed E-state index contributed by atoms with van der Waals surface area (Å²) >= 11 is 12.8. The molecule has 0 radical (unpaired) electrons. The van der Waals surface area contributed by atoms with Crippen LogP contribution < -0.4 is 28.7 Å². The predicted molar refractivity (Wildman–Crippen MR) is 336 cm³/mol. The number of carbonyl (C=O) groups is 2. The largest absolute Gasteiger partial charge is 0.490 e. The number of halogens is 2. The molecule has 84 heavy (non-hydrogen) atoms. The first-order valence-corrected chi connectivity index (χ1v) is 33.6. The number of hydrogen-bond acceptors (Lipinski definition) is 12. The van der Waals surface area contributed by atoms with Gasteiger partial charge in [0.1, 0.15) is 22.0 Å². The first-order valence-electron chi connectivity index (χ1n) is 29.8. The van der Waals surface area contributed by atoms with Crippen LogP contribution in [0.3, 0.4) is 0 Å². The van der Waals surface area contributed by atoms with Gasteiger partial charge in [-0.25, -0.2) is 26.3 Å². The topological polar surface area (TPSA) is 192 Å². The van der Waals surface area contributed by atoms with Crippen molar-refractivity contribution in [2.45, 2.75) is 124 Å². The lowest BCUT2D eigenvalue weighted by atomic mass is 9.69. The highest BCUT2D eigenvalue weighted by molar-refractivity contribution is 7.91. The normalized spacial score (nSPS) is 23.9. The first-order chi connectivity index (χ1) is 40.4. The van der Waals surface area contributed by atoms with Crippen molar-refractivity contribution < 1.29 is 46.1 Å². The molecule has 0 aromatic heterocycles. The molecular formula is C66H82Cl2N4O10S2. The van der Waals surface area contributed by atoms with Gasteiger partial charge in [-0.2, -0.15) is 0 Å². The molecule has 4 N–H and O–H groups in total. The van der Waals surface area contributed by atoms with Crippen molar-refractivity contribution in [2.24, 2.45) is 23.7 Å². The number of hydrogen-bond donors (Lipinski definition) is 4. The van der Waals surface area contributed by atoms with E-state index in [4.69, 9.17) is 32.7 Å². The summed E-state index contributed by atoms with van der Waals surface area (Å²) in [7, 11) is -8.17. The van der Waals surface area contributed by atoms with Crippen LogP contribution in [0, 0.1) is 23.7 Å². The average molecular weight is 1230 g/mol. The molecule has 2 fully saturated rings. The van der Waals surface area contributed by atoms with Crippen LogP contribution in [0.2, 0.25) is 10.0 Å². The van der Waals surface area contributed by atoms with E-state index in [9.17, 15) is 36.6 Å². The maximum absolute atomic E-state index is 13.3. The predicted octanol–water partition coefficient (Wildman–Crippen LogP) is 11.6. The van der Waals surface area contributed by atoms with Gasteiger partial charge in [0.05, 0.1) is 37.8 Å². The minimum atomic E-state index is -4.08. The third-order valence-corrected chi connectivity index (χ3v) is 22.7. The van der Waals surface area contributed by atoms with Crippen LogP contribution in [0.1, 0.15) is 133 Å². The van der Waals surface area contributed by atoms with Crippen molar-refractivity contribution in [1.82, 2.24) is 9.44 Å². The molecule has 0 unspecified atom stereocenters. The molecule has 14 nitrogen and oxygen atoms in total. The molecule has 2 heterocycles. The van der Waals surface area contributed by atoms with E-state index in [2.05, 4.69) is 69.8 Å². The Kier molecular flexibility index (Phi) is 20.5. The Morgan fingerprint density at radius 2 is 1.00 bits per heavy atom. The van der Waals surface area contributed by atoms with Gasteiger partial charge in [0.25, 0.3) is 11.8 Å². The molecule has 0 bridgehead atoms. The minimum absolute atomic E-state index is 0.177. The van der Waals surface area contributed by atoms with Crippen molar-refractivity contribution in [3.05, 3.63) is 167 Å². The van der Waals surface area contributed by atoms with E-state index >= 15 is 0 Å². The van der Waals surface area contributed by atoms with Gasteiger partial charge in [-0.1, -0.05) is 59.6 Å². The molecule has 2 amide bonds. The Hall–Kier alpha value is -5.62. The molecule has 6 aliphatic rings. The number of aliphatic hydroxyl groups is 2. The highest BCUT2D eigenvalue weighted by Gasteiger charge is 2.46. The number of aliphatic hydroxyl groups excluding tert-OH is 2. The van der Waals surface area contributed by atoms with Crippen LogP contribution >= 0.6 is 23.2 Å². The number of amides is 2. The lowest BCUT2D eigenvalue weighted by Crippen LogP contribution is -2.48. The molecule has 4 aromatic rings. The average Bonchev–Trinajstić information content (AvgIpc) is 2.83. The second-order valence-corrected chi connectivity index (χ2v) is 28.9. The Morgan fingerprint density at radius 1 is 0.595 bits per heavy atom. The zero-order valence-corrected chi connectivity index (χ0v) is 51.3. The smallest absolute Gasteiger partial charge is 0.264 e. The fourth-order valence-electron chi connectivity index (χ4n) is 13.7. The van der Waals surface area contributed by atoms with Gasteiger partial charge >= 0.3 is 0 Å². The molecule has 18 heteroatoms. The lowest BCUT2D eigenvalue weighted by molar-refractivity contribution is 0.0971. The number of benzene rings is 4. The van der Waals surface area contributed by atoms with Crippen molar-refractivity contribution in [3.8, 4) is 11.5 Å². The first kappa shape index (κ1) is 62.9. The van der Waals surface area contributed by atoms with Gasteiger partial charge in [0, 0.05) is 58.2 Å². The molecule has 4 aromatic carbocycles. The summed E-state index contributed by atoms with van der Waals surface area (Å²) in [5, 5.41) is 18.6. The molecular weight excluding hydrogens is 1140 g/mol. The van der Waals surface area contributed by atoms with Crippen molar-refractivity contribution in [2.75, 3.05) is 62.4 Å². The van der Waals surface area contributed by atoms with Crippen LogP contribution in [0.5, 0.6) is 11.5 Å². The van der Waals surface area contributed by atoms with Gasteiger partial charge < -0.3 is 29.5 Å². The highest BCUT2D eigenvalue weighted by Crippen LogP contribution is 2.49. The van der Waals surface area contributed by atoms with Crippen molar-refractivity contribution in [1.29, 1.82) is 0 Å². The van der Waals surface area contributed by atoms with Crippen LogP contribution in [0.25, 0.3) is 0 Å². The van der Waals surface area contributed by atoms with E-state index in [-0.39, 0.29) is 34.8 Å². The standard InChI is InChI=1S/2C33H41ClN2O5S/c2*1-3-5-9-28(20-37)42(39,40)35-32(38)25-12-15-31-30(18-25)36(19-26-11-10-23(26)7-4-2)21-33(22-41-31)16-6-8-24-17-27(34)13-14-29(24)33/h2*3-4,12-15,17-18,23,26,28,37H,1-2,5-11,16,19-22H2,(H,35,38)/t23-,26+,28+,33+;23-,26+,28-,33+/m11/s1. The maximum atomic E-state index is 13.3. The van der Waals surface area contributed by atoms with Crippen LogP contribution in [0.4, 0.5) is 11.4 Å². The van der Waals surface area contributed by atoms with Gasteiger partial charge in [-0.15, -0.1) is 26.3 Å². The molecule has 10 rings (SSSR count). The number of sulfonamides is 2. The summed E-state index contributed by atoms with van der Waals surface area (Å²) in [6.45, 7) is 18.1. The number of aryl methyl sites for hydroxylation is 2. The Bertz CT molecular complexity index is 3100. The molecule has 452 valence electrons. The number of ether oxygens (including phenoxy) is 2. The number of rotatable bonds is 22. The van der Waals surface area contributed by atoms with Gasteiger partial charge in [0.15, 0.2) is 0 Å². The lowest BCUT2D eigenvalue weighted by Gasteiger charge is -2.44. The zero-order chi connectivity index (χ0) is 59.8. The SMILES string of the molecule is C=CCC[C@@H](CO)S(=O)(=O)NC(=O)c1ccc2c(c1)N(C[C@@H]1CC[C@H]1CC=C)C[C@@]1(CCCc3cc(Cl)ccc31)CO2.C=CCC[C@H](CO)S(=O)(=O)NC(=O)c1ccc2c(c1)N(C[C@@H]1CC[C@H]1CC=C)C[C@@]1(CCCc3cc(Cl)ccc31)CO2. The molecule has 2 aliphatic heterocycles. The van der Waals surface area contributed by atoms with Gasteiger partial charge in [0.2, 0.25) is 20.0 Å². The molecule has 2 spiro atoms. The fourth-order valence-corrected chi connectivity index (χ4v) is 16.5. The Balaban J connectivity index is 0.000000202. The minimum Gasteiger partial charge on any atom is -0.490 e. The quantitative estimate of drug-likeness (QED) is 0.0545. The van der Waals surface area contributed by atoms with E-state index in [1.54, 1.807) is 48.6 Å². The summed E-state index contributed by atoms with van der Waals surface area (Å²) in [4.78, 5) is 31.3. The van der Waals surface area contributed by atoms with Crippen LogP contribution in [0.15, 0.2) is 123 Å². The Labute approximate surface area is 507 Å². The number of carbonyl (C=O) groups excluding carboxylic acids is 2. The van der Waals surface area contributed by atoms with Crippen molar-refractivity contribution in [3.63, 3.8) is 0 Å². The summed E-state index contributed by atoms with van der Waals surface area (Å²) < 4.78 is 69.1. The van der Waals surface area contributed by atoms with Crippen molar-refractivity contribution >= 4 is 66.4 Å².